The first-order valence-corrected chi connectivity index (χ1v) is 16.2. The highest BCUT2D eigenvalue weighted by Gasteiger charge is 2.65. The monoisotopic (exact) mass is 583 g/mol. The standard InChI is InChI=1S/C37H47NO2.CH2O2/c1-21-11-12-34(4)13-15-37(7)30-18-25(26-20-38-32-22(2)9-8-10-24(26)32)31-23(3)33(40)28(39)19-27(31)35(30,5)14-16-36(37,6)29(34)17-21;2-1-3/h8-10,18-21,25,29,38-40H,11-17H2,1-7H3;1H,(H,2,3)/t21-,25-,29?,34+,35-,36-,37+;/m0./s1. The highest BCUT2D eigenvalue weighted by Crippen LogP contribution is 2.74. The van der Waals surface area contributed by atoms with Gasteiger partial charge in [-0.05, 0) is 114 Å². The summed E-state index contributed by atoms with van der Waals surface area (Å²) in [6.07, 6.45) is 13.7. The summed E-state index contributed by atoms with van der Waals surface area (Å²) in [6.45, 7) is 16.7. The number of phenolic OH excluding ortho intramolecular Hbond substituents is 2. The zero-order valence-electron chi connectivity index (χ0n) is 27.0. The van der Waals surface area contributed by atoms with Crippen molar-refractivity contribution in [2.24, 2.45) is 28.1 Å². The molecule has 1 heterocycles. The van der Waals surface area contributed by atoms with Crippen molar-refractivity contribution in [3.05, 3.63) is 69.9 Å². The third kappa shape index (κ3) is 3.98. The predicted molar refractivity (Wildman–Crippen MR) is 173 cm³/mol. The van der Waals surface area contributed by atoms with E-state index in [4.69, 9.17) is 9.90 Å². The molecule has 7 rings (SSSR count). The lowest BCUT2D eigenvalue weighted by Gasteiger charge is -2.69. The molecule has 0 saturated heterocycles. The number of aryl methyl sites for hydroxylation is 1. The van der Waals surface area contributed by atoms with E-state index in [1.807, 2.05) is 13.0 Å². The summed E-state index contributed by atoms with van der Waals surface area (Å²) in [7, 11) is 0. The van der Waals surface area contributed by atoms with Crippen LogP contribution in [0.4, 0.5) is 0 Å². The molecule has 0 bridgehead atoms. The van der Waals surface area contributed by atoms with E-state index in [0.717, 1.165) is 23.8 Å². The summed E-state index contributed by atoms with van der Waals surface area (Å²) >= 11 is 0. The number of allylic oxidation sites excluding steroid dienone is 2. The first-order chi connectivity index (χ1) is 20.3. The number of H-pyrrole nitrogens is 1. The van der Waals surface area contributed by atoms with E-state index in [2.05, 4.69) is 77.0 Å². The first-order valence-electron chi connectivity index (χ1n) is 16.2. The predicted octanol–water partition coefficient (Wildman–Crippen LogP) is 9.27. The number of aromatic nitrogens is 1. The van der Waals surface area contributed by atoms with Crippen molar-refractivity contribution in [2.75, 3.05) is 0 Å². The van der Waals surface area contributed by atoms with Gasteiger partial charge in [-0.15, -0.1) is 0 Å². The number of para-hydroxylation sites is 1. The molecule has 3 saturated carbocycles. The topological polar surface area (TPSA) is 93.5 Å². The Labute approximate surface area is 256 Å². The number of aromatic amines is 1. The van der Waals surface area contributed by atoms with Crippen LogP contribution in [-0.2, 0) is 10.2 Å². The average Bonchev–Trinajstić information content (AvgIpc) is 3.40. The van der Waals surface area contributed by atoms with Gasteiger partial charge < -0.3 is 20.3 Å². The number of carbonyl (C=O) groups is 1. The van der Waals surface area contributed by atoms with Gasteiger partial charge in [0.15, 0.2) is 11.5 Å². The van der Waals surface area contributed by atoms with Crippen molar-refractivity contribution in [3.8, 4) is 11.5 Å². The lowest BCUT2D eigenvalue weighted by atomic mass is 9.35. The number of carboxylic acid groups (broad SMARTS) is 1. The number of nitrogens with one attached hydrogen (secondary N) is 1. The summed E-state index contributed by atoms with van der Waals surface area (Å²) in [5.74, 6) is 1.60. The maximum absolute atomic E-state index is 11.0. The Bertz CT molecular complexity index is 1630. The molecule has 230 valence electrons. The van der Waals surface area contributed by atoms with Gasteiger partial charge in [-0.2, -0.15) is 0 Å². The zero-order valence-corrected chi connectivity index (χ0v) is 27.0. The van der Waals surface area contributed by atoms with Crippen LogP contribution in [0.3, 0.4) is 0 Å². The van der Waals surface area contributed by atoms with E-state index in [0.29, 0.717) is 5.41 Å². The van der Waals surface area contributed by atoms with Crippen LogP contribution in [0, 0.1) is 41.9 Å². The maximum Gasteiger partial charge on any atom is 0.290 e. The molecule has 43 heavy (non-hydrogen) atoms. The van der Waals surface area contributed by atoms with Gasteiger partial charge in [-0.1, -0.05) is 70.9 Å². The fourth-order valence-corrected chi connectivity index (χ4v) is 10.6. The smallest absolute Gasteiger partial charge is 0.290 e. The molecule has 0 radical (unpaired) electrons. The number of fused-ring (bicyclic) bond motifs is 8. The zero-order chi connectivity index (χ0) is 31.1. The van der Waals surface area contributed by atoms with Gasteiger partial charge in [0.2, 0.25) is 0 Å². The molecule has 4 aliphatic carbocycles. The molecule has 5 heteroatoms. The molecule has 0 spiro atoms. The molecule has 1 aromatic heterocycles. The van der Waals surface area contributed by atoms with Crippen molar-refractivity contribution in [1.29, 1.82) is 0 Å². The Morgan fingerprint density at radius 3 is 2.44 bits per heavy atom. The second kappa shape index (κ2) is 9.90. The van der Waals surface area contributed by atoms with E-state index < -0.39 is 0 Å². The van der Waals surface area contributed by atoms with Crippen LogP contribution in [0.15, 0.2) is 42.1 Å². The molecule has 0 aliphatic heterocycles. The van der Waals surface area contributed by atoms with Crippen LogP contribution < -0.4 is 0 Å². The Morgan fingerprint density at radius 2 is 1.72 bits per heavy atom. The molecule has 4 aliphatic rings. The number of aromatic hydroxyl groups is 2. The van der Waals surface area contributed by atoms with Gasteiger partial charge in [0, 0.05) is 28.4 Å². The van der Waals surface area contributed by atoms with Crippen LogP contribution in [0.1, 0.15) is 113 Å². The normalized spacial score (nSPS) is 36.3. The summed E-state index contributed by atoms with van der Waals surface area (Å²) in [4.78, 5) is 12.0. The molecule has 0 amide bonds. The SMILES string of the molecule is Cc1c(O)c(O)cc2c1[C@H](c1c[nH]c3c(C)cccc13)C=C1[C@@]2(C)CC[C@@]2(C)C3C[C@@H](C)CC[C@]3(C)CC[C@]12C.O=CO. The first kappa shape index (κ1) is 29.8. The largest absolute Gasteiger partial charge is 0.504 e. The molecule has 1 unspecified atom stereocenters. The van der Waals surface area contributed by atoms with Crippen molar-refractivity contribution in [3.63, 3.8) is 0 Å². The third-order valence-electron chi connectivity index (χ3n) is 13.3. The van der Waals surface area contributed by atoms with Gasteiger partial charge >= 0.3 is 0 Å². The molecule has 3 fully saturated rings. The van der Waals surface area contributed by atoms with E-state index in [1.165, 1.54) is 71.7 Å². The minimum atomic E-state index is -0.250. The average molecular weight is 584 g/mol. The quantitative estimate of drug-likeness (QED) is 0.130. The van der Waals surface area contributed by atoms with Crippen molar-refractivity contribution < 1.29 is 20.1 Å². The van der Waals surface area contributed by atoms with E-state index in [9.17, 15) is 10.2 Å². The molecular weight excluding hydrogens is 534 g/mol. The van der Waals surface area contributed by atoms with Crippen LogP contribution in [-0.4, -0.2) is 26.8 Å². The minimum Gasteiger partial charge on any atom is -0.504 e. The van der Waals surface area contributed by atoms with Crippen molar-refractivity contribution >= 4 is 17.4 Å². The van der Waals surface area contributed by atoms with Gasteiger partial charge in [-0.25, -0.2) is 0 Å². The Kier molecular flexibility index (Phi) is 6.87. The minimum absolute atomic E-state index is 0.0167. The van der Waals surface area contributed by atoms with Crippen LogP contribution in [0.2, 0.25) is 0 Å². The summed E-state index contributed by atoms with van der Waals surface area (Å²) in [5.41, 5.74) is 9.11. The molecule has 5 nitrogen and oxygen atoms in total. The number of phenols is 2. The number of hydrogen-bond acceptors (Lipinski definition) is 3. The van der Waals surface area contributed by atoms with E-state index >= 15 is 0 Å². The fourth-order valence-electron chi connectivity index (χ4n) is 10.6. The highest BCUT2D eigenvalue weighted by atomic mass is 16.3. The lowest BCUT2D eigenvalue weighted by Crippen LogP contribution is -2.61. The summed E-state index contributed by atoms with van der Waals surface area (Å²) in [5, 5.41) is 30.1. The Morgan fingerprint density at radius 1 is 1.00 bits per heavy atom. The Balaban J connectivity index is 0.00000105. The number of benzene rings is 2. The van der Waals surface area contributed by atoms with Crippen LogP contribution in [0.25, 0.3) is 10.9 Å². The van der Waals surface area contributed by atoms with Crippen molar-refractivity contribution in [2.45, 2.75) is 105 Å². The van der Waals surface area contributed by atoms with Gasteiger partial charge in [0.25, 0.3) is 6.47 Å². The van der Waals surface area contributed by atoms with Gasteiger partial charge in [0.05, 0.1) is 0 Å². The molecule has 7 atom stereocenters. The number of hydrogen-bond donors (Lipinski definition) is 4. The second-order valence-electron chi connectivity index (χ2n) is 15.4. The highest BCUT2D eigenvalue weighted by molar-refractivity contribution is 5.87. The second-order valence-corrected chi connectivity index (χ2v) is 15.4. The van der Waals surface area contributed by atoms with Crippen LogP contribution in [0.5, 0.6) is 11.5 Å². The fraction of sp³-hybridized carbons (Fsp3) is 0.553. The molecule has 4 N–H and O–H groups in total. The maximum atomic E-state index is 11.0. The molecule has 3 aromatic rings. The van der Waals surface area contributed by atoms with Gasteiger partial charge in [0.1, 0.15) is 0 Å². The summed E-state index contributed by atoms with van der Waals surface area (Å²) in [6, 6.07) is 8.47. The molecular formula is C38H49NO4. The van der Waals surface area contributed by atoms with E-state index in [1.54, 1.807) is 5.57 Å². The van der Waals surface area contributed by atoms with Crippen LogP contribution >= 0.6 is 0 Å². The summed E-state index contributed by atoms with van der Waals surface area (Å²) < 4.78 is 0. The van der Waals surface area contributed by atoms with Crippen molar-refractivity contribution in [1.82, 2.24) is 4.98 Å². The Hall–Kier alpha value is -3.21. The number of rotatable bonds is 1. The third-order valence-corrected chi connectivity index (χ3v) is 13.3. The molecule has 2 aromatic carbocycles. The van der Waals surface area contributed by atoms with Gasteiger partial charge in [-0.3, -0.25) is 4.79 Å². The lowest BCUT2D eigenvalue weighted by molar-refractivity contribution is -0.145. The van der Waals surface area contributed by atoms with E-state index in [-0.39, 0.29) is 40.1 Å².